The largest absolute Gasteiger partial charge is 0.425 e. The molecule has 1 aromatic carbocycles. The number of aromatic nitrogens is 1. The standard InChI is InChI=1S/C10H5N3O7/c14-8-4-7(13(19)20)10(15)9-5(11(8)16)2-1-3-6(9)12(17)18/h1-4,16H. The van der Waals surface area contributed by atoms with Gasteiger partial charge in [-0.05, 0) is 6.07 Å². The van der Waals surface area contributed by atoms with E-state index in [0.29, 0.717) is 6.07 Å². The SMILES string of the molecule is O=c1c([N+](=O)[O-])cc(=O)n(O)c2cccc([N+](=O)[O-])c12. The van der Waals surface area contributed by atoms with Gasteiger partial charge in [-0.15, -0.1) is 4.73 Å². The Bertz CT molecular complexity index is 871. The van der Waals surface area contributed by atoms with E-state index in [4.69, 9.17) is 0 Å². The first-order valence-electron chi connectivity index (χ1n) is 5.05. The van der Waals surface area contributed by atoms with E-state index in [-0.39, 0.29) is 4.73 Å². The van der Waals surface area contributed by atoms with E-state index in [9.17, 15) is 35.0 Å². The van der Waals surface area contributed by atoms with Gasteiger partial charge in [0.15, 0.2) is 0 Å². The quantitative estimate of drug-likeness (QED) is 0.476. The van der Waals surface area contributed by atoms with Crippen molar-refractivity contribution >= 4 is 22.3 Å². The summed E-state index contributed by atoms with van der Waals surface area (Å²) >= 11 is 0. The molecule has 2 aromatic rings. The molecule has 0 fully saturated rings. The summed E-state index contributed by atoms with van der Waals surface area (Å²) in [4.78, 5) is 43.0. The van der Waals surface area contributed by atoms with Crippen molar-refractivity contribution in [1.82, 2.24) is 4.73 Å². The van der Waals surface area contributed by atoms with Gasteiger partial charge in [-0.1, -0.05) is 6.07 Å². The fourth-order valence-corrected chi connectivity index (χ4v) is 1.72. The maximum Gasteiger partial charge on any atom is 0.322 e. The third-order valence-electron chi connectivity index (χ3n) is 2.57. The first-order valence-corrected chi connectivity index (χ1v) is 5.05. The summed E-state index contributed by atoms with van der Waals surface area (Å²) in [5.41, 5.74) is -4.94. The molecule has 0 aliphatic heterocycles. The Morgan fingerprint density at radius 1 is 1.05 bits per heavy atom. The maximum absolute atomic E-state index is 12.0. The molecule has 2 rings (SSSR count). The lowest BCUT2D eigenvalue weighted by Gasteiger charge is -1.97. The molecule has 0 bridgehead atoms. The van der Waals surface area contributed by atoms with Gasteiger partial charge in [-0.25, -0.2) is 0 Å². The van der Waals surface area contributed by atoms with Crippen LogP contribution < -0.4 is 11.0 Å². The normalized spacial score (nSPS) is 10.4. The van der Waals surface area contributed by atoms with E-state index in [2.05, 4.69) is 0 Å². The van der Waals surface area contributed by atoms with Crippen molar-refractivity contribution in [1.29, 1.82) is 0 Å². The van der Waals surface area contributed by atoms with Gasteiger partial charge >= 0.3 is 5.69 Å². The molecule has 20 heavy (non-hydrogen) atoms. The third kappa shape index (κ3) is 1.84. The molecule has 0 unspecified atom stereocenters. The number of nitro groups is 2. The number of nitro benzene ring substituents is 1. The number of hydrogen-bond acceptors (Lipinski definition) is 7. The molecule has 0 amide bonds. The average Bonchev–Trinajstić information content (AvgIpc) is 2.49. The van der Waals surface area contributed by atoms with Crippen molar-refractivity contribution in [3.05, 3.63) is 65.1 Å². The lowest BCUT2D eigenvalue weighted by molar-refractivity contribution is -0.386. The van der Waals surface area contributed by atoms with Gasteiger partial charge in [0.05, 0.1) is 15.9 Å². The van der Waals surface area contributed by atoms with E-state index in [1.165, 1.54) is 0 Å². The molecule has 1 N–H and O–H groups in total. The monoisotopic (exact) mass is 279 g/mol. The van der Waals surface area contributed by atoms with Crippen LogP contribution in [0.2, 0.25) is 0 Å². The van der Waals surface area contributed by atoms with Gasteiger partial charge in [0, 0.05) is 6.07 Å². The second-order valence-electron chi connectivity index (χ2n) is 3.69. The molecule has 0 spiro atoms. The van der Waals surface area contributed by atoms with Crippen LogP contribution in [0.5, 0.6) is 0 Å². The van der Waals surface area contributed by atoms with Gasteiger partial charge in [-0.3, -0.25) is 29.8 Å². The van der Waals surface area contributed by atoms with E-state index in [0.717, 1.165) is 18.2 Å². The van der Waals surface area contributed by atoms with Crippen molar-refractivity contribution in [3.63, 3.8) is 0 Å². The van der Waals surface area contributed by atoms with Crippen molar-refractivity contribution in [2.75, 3.05) is 0 Å². The molecular weight excluding hydrogens is 274 g/mol. The van der Waals surface area contributed by atoms with Gasteiger partial charge in [-0.2, -0.15) is 0 Å². The van der Waals surface area contributed by atoms with Crippen molar-refractivity contribution < 1.29 is 15.1 Å². The van der Waals surface area contributed by atoms with Gasteiger partial charge < -0.3 is 5.21 Å². The molecule has 0 aliphatic carbocycles. The van der Waals surface area contributed by atoms with Crippen molar-refractivity contribution in [2.24, 2.45) is 0 Å². The Balaban J connectivity index is 3.26. The van der Waals surface area contributed by atoms with Crippen LogP contribution in [0.25, 0.3) is 10.9 Å². The van der Waals surface area contributed by atoms with Crippen LogP contribution in [0, 0.1) is 20.2 Å². The second-order valence-corrected chi connectivity index (χ2v) is 3.69. The van der Waals surface area contributed by atoms with Crippen LogP contribution in [0.1, 0.15) is 0 Å². The molecule has 1 aromatic heterocycles. The van der Waals surface area contributed by atoms with E-state index in [1.54, 1.807) is 0 Å². The zero-order chi connectivity index (χ0) is 15.0. The van der Waals surface area contributed by atoms with Gasteiger partial charge in [0.1, 0.15) is 10.9 Å². The fraction of sp³-hybridized carbons (Fsp3) is 0. The molecule has 0 radical (unpaired) electrons. The lowest BCUT2D eigenvalue weighted by Crippen LogP contribution is -2.14. The van der Waals surface area contributed by atoms with Crippen LogP contribution in [0.4, 0.5) is 11.4 Å². The number of rotatable bonds is 2. The minimum atomic E-state index is -1.32. The molecular formula is C10H5N3O7. The Morgan fingerprint density at radius 3 is 2.20 bits per heavy atom. The minimum Gasteiger partial charge on any atom is -0.425 e. The summed E-state index contributed by atoms with van der Waals surface area (Å²) < 4.78 is -0.0449. The minimum absolute atomic E-state index is 0.0449. The summed E-state index contributed by atoms with van der Waals surface area (Å²) in [5.74, 6) is 0. The zero-order valence-corrected chi connectivity index (χ0v) is 9.55. The summed E-state index contributed by atoms with van der Waals surface area (Å²) in [6.07, 6.45) is 0. The van der Waals surface area contributed by atoms with Crippen molar-refractivity contribution in [3.8, 4) is 0 Å². The van der Waals surface area contributed by atoms with Gasteiger partial charge in [0.2, 0.25) is 0 Å². The molecule has 10 heteroatoms. The zero-order valence-electron chi connectivity index (χ0n) is 9.55. The number of hydrogen-bond donors (Lipinski definition) is 1. The molecule has 0 saturated heterocycles. The predicted octanol–water partition coefficient (Wildman–Crippen LogP) is 0.415. The van der Waals surface area contributed by atoms with Gasteiger partial charge in [0.25, 0.3) is 16.7 Å². The summed E-state index contributed by atoms with van der Waals surface area (Å²) in [5, 5.41) is 30.5. The van der Waals surface area contributed by atoms with Crippen LogP contribution in [0.15, 0.2) is 33.9 Å². The van der Waals surface area contributed by atoms with Crippen molar-refractivity contribution in [2.45, 2.75) is 0 Å². The van der Waals surface area contributed by atoms with E-state index in [1.807, 2.05) is 0 Å². The Labute approximate surface area is 108 Å². The number of nitrogens with zero attached hydrogens (tertiary/aromatic N) is 3. The molecule has 1 heterocycles. The molecule has 0 aliphatic rings. The van der Waals surface area contributed by atoms with Crippen LogP contribution >= 0.6 is 0 Å². The highest BCUT2D eigenvalue weighted by Crippen LogP contribution is 2.21. The number of non-ortho nitro benzene ring substituents is 1. The first-order chi connectivity index (χ1) is 9.34. The summed E-state index contributed by atoms with van der Waals surface area (Å²) in [6.45, 7) is 0. The average molecular weight is 279 g/mol. The lowest BCUT2D eigenvalue weighted by atomic mass is 10.2. The van der Waals surface area contributed by atoms with Crippen LogP contribution in [0.3, 0.4) is 0 Å². The number of benzene rings is 1. The Hall–Kier alpha value is -3.30. The fourth-order valence-electron chi connectivity index (χ4n) is 1.72. The summed E-state index contributed by atoms with van der Waals surface area (Å²) in [6, 6.07) is 3.46. The highest BCUT2D eigenvalue weighted by Gasteiger charge is 2.23. The molecule has 102 valence electrons. The Kier molecular flexibility index (Phi) is 2.90. The summed E-state index contributed by atoms with van der Waals surface area (Å²) in [7, 11) is 0. The predicted molar refractivity (Wildman–Crippen MR) is 65.0 cm³/mol. The molecule has 0 saturated carbocycles. The topological polar surface area (TPSA) is 146 Å². The van der Waals surface area contributed by atoms with Crippen LogP contribution in [-0.2, 0) is 0 Å². The molecule has 10 nitrogen and oxygen atoms in total. The van der Waals surface area contributed by atoms with E-state index < -0.39 is 43.1 Å². The highest BCUT2D eigenvalue weighted by molar-refractivity contribution is 5.88. The second kappa shape index (κ2) is 4.42. The van der Waals surface area contributed by atoms with Crippen LogP contribution in [-0.4, -0.2) is 19.8 Å². The highest BCUT2D eigenvalue weighted by atomic mass is 16.6. The number of fused-ring (bicyclic) bond motifs is 1. The first kappa shape index (κ1) is 13.1. The maximum atomic E-state index is 12.0. The third-order valence-corrected chi connectivity index (χ3v) is 2.57. The Morgan fingerprint density at radius 2 is 1.65 bits per heavy atom. The smallest absolute Gasteiger partial charge is 0.322 e. The molecule has 0 atom stereocenters. The van der Waals surface area contributed by atoms with E-state index >= 15 is 0 Å².